The zero-order chi connectivity index (χ0) is 19.4. The normalized spacial score (nSPS) is 15.0. The van der Waals surface area contributed by atoms with E-state index in [0.29, 0.717) is 17.8 Å². The maximum absolute atomic E-state index is 5.92. The summed E-state index contributed by atoms with van der Waals surface area (Å²) in [6.45, 7) is 8.06. The van der Waals surface area contributed by atoms with E-state index in [9.17, 15) is 0 Å². The average Bonchev–Trinajstić information content (AvgIpc) is 3.44. The molecule has 4 N–H and O–H groups in total. The zero-order valence-electron chi connectivity index (χ0n) is 15.9. The third-order valence-corrected chi connectivity index (χ3v) is 5.35. The molecule has 1 aromatic carbocycles. The van der Waals surface area contributed by atoms with Gasteiger partial charge in [0.2, 0.25) is 0 Å². The van der Waals surface area contributed by atoms with Crippen molar-refractivity contribution >= 4 is 36.3 Å². The number of hydrogen-bond acceptors (Lipinski definition) is 6. The second-order valence-electron chi connectivity index (χ2n) is 6.00. The van der Waals surface area contributed by atoms with Crippen molar-refractivity contribution in [2.24, 2.45) is 22.1 Å². The first kappa shape index (κ1) is 23.3. The number of amidine groups is 1. The summed E-state index contributed by atoms with van der Waals surface area (Å²) in [5.74, 6) is 6.88. The van der Waals surface area contributed by atoms with Crippen molar-refractivity contribution in [1.29, 1.82) is 0 Å². The van der Waals surface area contributed by atoms with E-state index in [1.807, 2.05) is 45.0 Å². The second kappa shape index (κ2) is 12.6. The van der Waals surface area contributed by atoms with Gasteiger partial charge < -0.3 is 14.7 Å². The van der Waals surface area contributed by atoms with Gasteiger partial charge in [0.05, 0.1) is 29.0 Å². The predicted octanol–water partition coefficient (Wildman–Crippen LogP) is 4.48. The lowest BCUT2D eigenvalue weighted by atomic mass is 9.99. The Morgan fingerprint density at radius 2 is 1.85 bits per heavy atom. The van der Waals surface area contributed by atoms with E-state index in [-0.39, 0.29) is 0 Å². The van der Waals surface area contributed by atoms with E-state index in [1.165, 1.54) is 27.2 Å². The molecule has 1 aliphatic rings. The van der Waals surface area contributed by atoms with E-state index >= 15 is 0 Å². The Hall–Kier alpha value is -0.710. The van der Waals surface area contributed by atoms with Crippen molar-refractivity contribution in [2.75, 3.05) is 19.8 Å². The highest BCUT2D eigenvalue weighted by molar-refractivity contribution is 14.2. The number of nitrogens with zero attached hydrogens (tertiary/aromatic N) is 2. The van der Waals surface area contributed by atoms with Gasteiger partial charge in [-0.2, -0.15) is 0 Å². The number of hydrazine groups is 1. The molecule has 0 amide bonds. The summed E-state index contributed by atoms with van der Waals surface area (Å²) < 4.78 is 11.2. The minimum Gasteiger partial charge on any atom is -0.494 e. The molecular formula is C18H31IN4O2S. The van der Waals surface area contributed by atoms with E-state index in [0.717, 1.165) is 37.4 Å². The van der Waals surface area contributed by atoms with Crippen LogP contribution in [0.1, 0.15) is 52.0 Å². The van der Waals surface area contributed by atoms with Crippen molar-refractivity contribution in [2.45, 2.75) is 46.5 Å². The van der Waals surface area contributed by atoms with Gasteiger partial charge in [0, 0.05) is 26.8 Å². The summed E-state index contributed by atoms with van der Waals surface area (Å²) in [7, 11) is 1.41. The van der Waals surface area contributed by atoms with E-state index in [2.05, 4.69) is 26.3 Å². The van der Waals surface area contributed by atoms with Crippen molar-refractivity contribution in [1.82, 2.24) is 5.12 Å². The Morgan fingerprint density at radius 3 is 2.38 bits per heavy atom. The van der Waals surface area contributed by atoms with Gasteiger partial charge in [0.1, 0.15) is 5.75 Å². The Balaban J connectivity index is 0.00000163. The molecule has 0 radical (unpaired) electrons. The van der Waals surface area contributed by atoms with Crippen LogP contribution in [0.4, 0.5) is 0 Å². The van der Waals surface area contributed by atoms with Crippen LogP contribution in [0.2, 0.25) is 0 Å². The Labute approximate surface area is 173 Å². The zero-order valence-corrected chi connectivity index (χ0v) is 18.9. The molecule has 0 bridgehead atoms. The van der Waals surface area contributed by atoms with Gasteiger partial charge in [-0.25, -0.2) is 11.0 Å². The largest absolute Gasteiger partial charge is 0.494 e. The quantitative estimate of drug-likeness (QED) is 0.0898. The number of halogens is 1. The molecule has 1 aliphatic carbocycles. The molecule has 0 spiro atoms. The lowest BCUT2D eigenvalue weighted by Gasteiger charge is -2.15. The highest BCUT2D eigenvalue weighted by atomic mass is 127. The topological polar surface area (TPSA) is 86.1 Å². The first-order chi connectivity index (χ1) is 12.6. The fourth-order valence-electron chi connectivity index (χ4n) is 2.47. The van der Waals surface area contributed by atoms with Crippen LogP contribution >= 0.6 is 30.4 Å². The minimum atomic E-state index is 0.399. The van der Waals surface area contributed by atoms with Crippen LogP contribution in [0, 0.1) is 5.41 Å². The smallest absolute Gasteiger partial charge is 0.152 e. The van der Waals surface area contributed by atoms with Gasteiger partial charge >= 0.3 is 0 Å². The van der Waals surface area contributed by atoms with E-state index in [1.54, 1.807) is 0 Å². The number of benzene rings is 1. The molecule has 0 unspecified atom stereocenters. The van der Waals surface area contributed by atoms with Gasteiger partial charge in [-0.15, -0.1) is 5.10 Å². The van der Waals surface area contributed by atoms with Gasteiger partial charge in [-0.05, 0) is 62.3 Å². The molecule has 1 fully saturated rings. The number of nitrogens with two attached hydrogens (primary N) is 2. The first-order valence-electron chi connectivity index (χ1n) is 9.08. The van der Waals surface area contributed by atoms with Gasteiger partial charge in [0.15, 0.2) is 5.84 Å². The molecule has 8 heteroatoms. The summed E-state index contributed by atoms with van der Waals surface area (Å²) >= 11 is 2.15. The molecular weight excluding hydrogens is 463 g/mol. The van der Waals surface area contributed by atoms with Crippen molar-refractivity contribution in [3.8, 4) is 5.75 Å². The van der Waals surface area contributed by atoms with E-state index < -0.39 is 0 Å². The summed E-state index contributed by atoms with van der Waals surface area (Å²) in [6.07, 6.45) is 4.76. The van der Waals surface area contributed by atoms with Crippen molar-refractivity contribution in [3.63, 3.8) is 0 Å². The molecule has 1 aromatic rings. The first-order valence-corrected chi connectivity index (χ1v) is 12.4. The lowest BCUT2D eigenvalue weighted by molar-refractivity contribution is 0.239. The molecule has 0 aromatic heterocycles. The van der Waals surface area contributed by atoms with Gasteiger partial charge in [0.25, 0.3) is 0 Å². The molecule has 0 heterocycles. The molecule has 0 saturated heterocycles. The lowest BCUT2D eigenvalue weighted by Crippen LogP contribution is -2.29. The molecule has 26 heavy (non-hydrogen) atoms. The van der Waals surface area contributed by atoms with Gasteiger partial charge in [-0.3, -0.25) is 0 Å². The third kappa shape index (κ3) is 8.32. The number of hydrazone groups is 1. The maximum Gasteiger partial charge on any atom is 0.152 e. The Morgan fingerprint density at radius 1 is 1.23 bits per heavy atom. The molecule has 6 nitrogen and oxygen atoms in total. The number of ether oxygens (including phenoxy) is 1. The summed E-state index contributed by atoms with van der Waals surface area (Å²) in [6, 6.07) is 7.63. The minimum absolute atomic E-state index is 0.399. The summed E-state index contributed by atoms with van der Waals surface area (Å²) in [4.78, 5) is 0. The molecule has 1 saturated carbocycles. The molecule has 0 atom stereocenters. The SMILES string of the molecule is CC.CCN(N)/N=C(\N)c1ccc(OCCC2(CCOSI)CC2)cc1. The Bertz CT molecular complexity index is 538. The fraction of sp³-hybridized carbons (Fsp3) is 0.611. The van der Waals surface area contributed by atoms with Crippen LogP contribution in [0.15, 0.2) is 29.4 Å². The van der Waals surface area contributed by atoms with Crippen LogP contribution in [-0.4, -0.2) is 30.7 Å². The maximum atomic E-state index is 5.92. The Kier molecular flexibility index (Phi) is 11.3. The van der Waals surface area contributed by atoms with Crippen LogP contribution in [-0.2, 0) is 4.18 Å². The van der Waals surface area contributed by atoms with Crippen LogP contribution in [0.3, 0.4) is 0 Å². The van der Waals surface area contributed by atoms with Crippen LogP contribution in [0.5, 0.6) is 5.75 Å². The standard InChI is InChI=1S/C16H25IN4O2S.C2H6/c1-2-21(19)20-15(18)13-3-5-14(6-4-13)22-11-9-16(7-8-16)10-12-23-24-17;1-2/h3-6H,2,7-12,19H2,1H3,(H2,18,20);1-2H3. The van der Waals surface area contributed by atoms with Crippen molar-refractivity contribution in [3.05, 3.63) is 29.8 Å². The van der Waals surface area contributed by atoms with Crippen LogP contribution < -0.4 is 16.3 Å². The fourth-order valence-corrected chi connectivity index (χ4v) is 3.15. The highest BCUT2D eigenvalue weighted by Gasteiger charge is 2.41. The molecule has 0 aliphatic heterocycles. The highest BCUT2D eigenvalue weighted by Crippen LogP contribution is 2.51. The summed E-state index contributed by atoms with van der Waals surface area (Å²) in [5, 5.41) is 5.40. The molecule has 148 valence electrons. The summed E-state index contributed by atoms with van der Waals surface area (Å²) in [5.41, 5.74) is 7.19. The van der Waals surface area contributed by atoms with Crippen LogP contribution in [0.25, 0.3) is 0 Å². The monoisotopic (exact) mass is 494 g/mol. The third-order valence-electron chi connectivity index (χ3n) is 4.33. The average molecular weight is 494 g/mol. The number of rotatable bonds is 11. The molecule has 2 rings (SSSR count). The van der Waals surface area contributed by atoms with E-state index in [4.69, 9.17) is 20.5 Å². The van der Waals surface area contributed by atoms with Crippen molar-refractivity contribution < 1.29 is 8.92 Å². The second-order valence-corrected chi connectivity index (χ2v) is 7.44. The predicted molar refractivity (Wildman–Crippen MR) is 119 cm³/mol. The van der Waals surface area contributed by atoms with Gasteiger partial charge in [-0.1, -0.05) is 13.8 Å². The number of hydrogen-bond donors (Lipinski definition) is 2.